The first kappa shape index (κ1) is 41.4. The molecule has 0 spiro atoms. The Labute approximate surface area is 368 Å². The Morgan fingerprint density at radius 1 is 0.875 bits per heavy atom. The number of para-hydroxylation sites is 1. The van der Waals surface area contributed by atoms with Crippen molar-refractivity contribution in [1.82, 2.24) is 33.6 Å². The monoisotopic (exact) mass is 865 g/mol. The van der Waals surface area contributed by atoms with Crippen molar-refractivity contribution in [3.63, 3.8) is 0 Å². The van der Waals surface area contributed by atoms with Gasteiger partial charge in [0.05, 0.1) is 54.1 Å². The van der Waals surface area contributed by atoms with Gasteiger partial charge in [-0.25, -0.2) is 4.68 Å². The number of nitrogens with zero attached hydrogens (tertiary/aromatic N) is 7. The first-order chi connectivity index (χ1) is 31.1. The number of ether oxygens (including phenoxy) is 2. The van der Waals surface area contributed by atoms with Crippen LogP contribution in [0.2, 0.25) is 0 Å². The Kier molecular flexibility index (Phi) is 11.1. The van der Waals surface area contributed by atoms with Gasteiger partial charge in [-0.05, 0) is 84.0 Å². The van der Waals surface area contributed by atoms with Crippen molar-refractivity contribution in [2.24, 2.45) is 7.05 Å². The molecule has 1 fully saturated rings. The SMILES string of the molecule is C[C@@H]1Cc2ccccc2CN1C(=O)c1cc2c(cc1-c1cc3c(=O)n(-c4cnn(C(F)F)c4)c4ccccc4c3n1C)CCN(C(=O)Cc1ccc(OCCN3CCOCC3)cc1)C2. The third kappa shape index (κ3) is 7.74. The summed E-state index contributed by atoms with van der Waals surface area (Å²) in [6.07, 6.45) is 3.97. The number of benzene rings is 4. The number of carbonyl (C=O) groups excluding carboxylic acids is 2. The van der Waals surface area contributed by atoms with Crippen LogP contribution in [0.1, 0.15) is 51.6 Å². The van der Waals surface area contributed by atoms with Crippen molar-refractivity contribution >= 4 is 33.6 Å². The summed E-state index contributed by atoms with van der Waals surface area (Å²) in [7, 11) is 1.89. The van der Waals surface area contributed by atoms with Gasteiger partial charge in [-0.15, -0.1) is 0 Å². The minimum atomic E-state index is -2.86. The normalized spacial score (nSPS) is 16.7. The van der Waals surface area contributed by atoms with Gasteiger partial charge in [0.25, 0.3) is 11.5 Å². The largest absolute Gasteiger partial charge is 0.492 e. The van der Waals surface area contributed by atoms with E-state index in [0.717, 1.165) is 66.2 Å². The fourth-order valence-corrected chi connectivity index (χ4v) is 9.68. The van der Waals surface area contributed by atoms with E-state index in [0.29, 0.717) is 77.0 Å². The highest BCUT2D eigenvalue weighted by atomic mass is 19.3. The molecule has 12 nitrogen and oxygen atoms in total. The standard InChI is InChI=1S/C50H49F2N7O5/c1-32-23-34-7-3-4-8-36(34)30-57(32)48(61)42-26-37-29-56(46(60)24-33-11-13-39(14-12-33)64-22-19-55-17-20-63-21-18-55)16-15-35(37)25-41(42)45-27-43-47(54(45)2)40-9-5-6-10-44(40)59(49(43)62)38-28-53-58(31-38)50(51)52/h3-14,25-28,31-32,50H,15-24,29-30H2,1-2H3/t32-/m1/s1. The van der Waals surface area contributed by atoms with Crippen molar-refractivity contribution in [3.8, 4) is 22.7 Å². The number of aromatic nitrogens is 4. The molecule has 6 heterocycles. The van der Waals surface area contributed by atoms with Crippen LogP contribution in [0.15, 0.2) is 108 Å². The van der Waals surface area contributed by atoms with E-state index in [1.54, 1.807) is 12.1 Å². The lowest BCUT2D eigenvalue weighted by molar-refractivity contribution is -0.131. The Morgan fingerprint density at radius 3 is 2.42 bits per heavy atom. The Hall–Kier alpha value is -6.64. The van der Waals surface area contributed by atoms with Crippen LogP contribution < -0.4 is 10.3 Å². The smallest absolute Gasteiger partial charge is 0.333 e. The van der Waals surface area contributed by atoms with Crippen molar-refractivity contribution in [1.29, 1.82) is 0 Å². The van der Waals surface area contributed by atoms with E-state index in [-0.39, 0.29) is 30.0 Å². The highest BCUT2D eigenvalue weighted by Crippen LogP contribution is 2.37. The van der Waals surface area contributed by atoms with Crippen LogP contribution in [0.3, 0.4) is 0 Å². The highest BCUT2D eigenvalue weighted by molar-refractivity contribution is 6.08. The molecule has 7 aromatic rings. The van der Waals surface area contributed by atoms with E-state index in [2.05, 4.69) is 35.1 Å². The number of carbonyl (C=O) groups is 2. The number of alkyl halides is 2. The molecular formula is C50H49F2N7O5. The van der Waals surface area contributed by atoms with Crippen LogP contribution >= 0.6 is 0 Å². The van der Waals surface area contributed by atoms with E-state index in [1.165, 1.54) is 22.5 Å². The Bertz CT molecular complexity index is 2970. The van der Waals surface area contributed by atoms with E-state index in [1.807, 2.05) is 82.1 Å². The fourth-order valence-electron chi connectivity index (χ4n) is 9.68. The average Bonchev–Trinajstić information content (AvgIpc) is 3.94. The summed E-state index contributed by atoms with van der Waals surface area (Å²) in [5, 5.41) is 4.93. The van der Waals surface area contributed by atoms with E-state index in [4.69, 9.17) is 9.47 Å². The highest BCUT2D eigenvalue weighted by Gasteiger charge is 2.32. The maximum atomic E-state index is 15.1. The van der Waals surface area contributed by atoms with Crippen LogP contribution in [0.5, 0.6) is 5.75 Å². The molecule has 0 bridgehead atoms. The summed E-state index contributed by atoms with van der Waals surface area (Å²) in [6.45, 7) is 5.25. The molecule has 0 unspecified atom stereocenters. The Balaban J connectivity index is 0.987. The minimum Gasteiger partial charge on any atom is -0.492 e. The van der Waals surface area contributed by atoms with Crippen LogP contribution in [0.4, 0.5) is 8.78 Å². The molecule has 3 aromatic heterocycles. The molecule has 0 saturated carbocycles. The second-order valence-corrected chi connectivity index (χ2v) is 17.1. The predicted octanol–water partition coefficient (Wildman–Crippen LogP) is 7.17. The van der Waals surface area contributed by atoms with Gasteiger partial charge in [0.2, 0.25) is 5.91 Å². The van der Waals surface area contributed by atoms with Gasteiger partial charge in [-0.1, -0.05) is 54.6 Å². The number of fused-ring (bicyclic) bond motifs is 5. The predicted molar refractivity (Wildman–Crippen MR) is 240 cm³/mol. The lowest BCUT2D eigenvalue weighted by atomic mass is 9.89. The molecule has 4 aromatic carbocycles. The second kappa shape index (κ2) is 17.1. The maximum absolute atomic E-state index is 15.1. The first-order valence-electron chi connectivity index (χ1n) is 21.9. The van der Waals surface area contributed by atoms with Gasteiger partial charge in [0.15, 0.2) is 0 Å². The van der Waals surface area contributed by atoms with Gasteiger partial charge in [0.1, 0.15) is 12.4 Å². The molecule has 3 aliphatic rings. The van der Waals surface area contributed by atoms with Crippen molar-refractivity contribution in [2.75, 3.05) is 46.0 Å². The Morgan fingerprint density at radius 2 is 1.64 bits per heavy atom. The zero-order chi connectivity index (χ0) is 44.1. The lowest BCUT2D eigenvalue weighted by Crippen LogP contribution is -2.43. The molecule has 10 rings (SSSR count). The van der Waals surface area contributed by atoms with E-state index < -0.39 is 12.1 Å². The van der Waals surface area contributed by atoms with Gasteiger partial charge >= 0.3 is 6.55 Å². The summed E-state index contributed by atoms with van der Waals surface area (Å²) < 4.78 is 42.6. The zero-order valence-corrected chi connectivity index (χ0v) is 35.9. The number of hydrogen-bond acceptors (Lipinski definition) is 7. The van der Waals surface area contributed by atoms with Crippen LogP contribution in [-0.4, -0.2) is 97.5 Å². The number of halogens is 2. The molecule has 0 aliphatic carbocycles. The number of morpholine rings is 1. The first-order valence-corrected chi connectivity index (χ1v) is 21.9. The maximum Gasteiger partial charge on any atom is 0.333 e. The number of aryl methyl sites for hydroxylation is 1. The quantitative estimate of drug-likeness (QED) is 0.144. The van der Waals surface area contributed by atoms with Gasteiger partial charge < -0.3 is 23.8 Å². The van der Waals surface area contributed by atoms with Crippen molar-refractivity contribution < 1.29 is 27.8 Å². The zero-order valence-electron chi connectivity index (χ0n) is 35.9. The number of pyridine rings is 1. The molecule has 1 atom stereocenters. The molecule has 64 heavy (non-hydrogen) atoms. The molecule has 0 radical (unpaired) electrons. The van der Waals surface area contributed by atoms with Gasteiger partial charge in [-0.3, -0.25) is 23.9 Å². The minimum absolute atomic E-state index is 0.000725. The molecule has 3 aliphatic heterocycles. The lowest BCUT2D eigenvalue weighted by Gasteiger charge is -2.36. The van der Waals surface area contributed by atoms with Gasteiger partial charge in [-0.2, -0.15) is 13.9 Å². The molecular weight excluding hydrogens is 817 g/mol. The summed E-state index contributed by atoms with van der Waals surface area (Å²) in [5.41, 5.74) is 8.01. The van der Waals surface area contributed by atoms with E-state index >= 15 is 4.79 Å². The molecule has 0 N–H and O–H groups in total. The van der Waals surface area contributed by atoms with Crippen molar-refractivity contribution in [3.05, 3.63) is 147 Å². The number of hydrogen-bond donors (Lipinski definition) is 0. The van der Waals surface area contributed by atoms with Crippen LogP contribution in [-0.2, 0) is 48.9 Å². The summed E-state index contributed by atoms with van der Waals surface area (Å²) >= 11 is 0. The van der Waals surface area contributed by atoms with Crippen LogP contribution in [0.25, 0.3) is 38.8 Å². The number of rotatable bonds is 10. The van der Waals surface area contributed by atoms with E-state index in [9.17, 15) is 18.4 Å². The fraction of sp³-hybridized carbons (Fsp3) is 0.320. The third-order valence-corrected chi connectivity index (χ3v) is 13.1. The average molecular weight is 866 g/mol. The summed E-state index contributed by atoms with van der Waals surface area (Å²) in [6, 6.07) is 29.0. The molecule has 14 heteroatoms. The molecule has 328 valence electrons. The second-order valence-electron chi connectivity index (χ2n) is 17.1. The molecule has 1 saturated heterocycles. The van der Waals surface area contributed by atoms with Crippen LogP contribution in [0, 0.1) is 0 Å². The third-order valence-electron chi connectivity index (χ3n) is 13.1. The van der Waals surface area contributed by atoms with Gasteiger partial charge in [0, 0.05) is 74.6 Å². The summed E-state index contributed by atoms with van der Waals surface area (Å²) in [5.74, 6) is 0.630. The number of amides is 2. The van der Waals surface area contributed by atoms with Crippen molar-refractivity contribution in [2.45, 2.75) is 51.9 Å². The molecule has 2 amide bonds. The summed E-state index contributed by atoms with van der Waals surface area (Å²) in [4.78, 5) is 49.6. The topological polar surface area (TPSA) is 107 Å².